The third kappa shape index (κ3) is 2.31. The molecular weight excluding hydrogens is 290 g/mol. The fourth-order valence-electron chi connectivity index (χ4n) is 2.52. The van der Waals surface area contributed by atoms with Crippen LogP contribution in [-0.4, -0.2) is 16.0 Å². The molecule has 0 N–H and O–H groups in total. The number of thioether (sulfide) groups is 1. The first-order chi connectivity index (χ1) is 10.2. The lowest BCUT2D eigenvalue weighted by Crippen LogP contribution is -1.95. The Bertz CT molecular complexity index is 788. The van der Waals surface area contributed by atoms with Crippen molar-refractivity contribution < 1.29 is 8.78 Å². The molecule has 0 fully saturated rings. The summed E-state index contributed by atoms with van der Waals surface area (Å²) >= 11 is 1.07. The maximum atomic E-state index is 14.0. The van der Waals surface area contributed by atoms with E-state index in [0.717, 1.165) is 34.8 Å². The normalized spacial score (nSPS) is 11.2. The molecule has 1 heterocycles. The van der Waals surface area contributed by atoms with Gasteiger partial charge in [-0.15, -0.1) is 11.8 Å². The molecule has 3 rings (SSSR count). The minimum absolute atomic E-state index is 0.0511. The fraction of sp³-hybridized carbons (Fsp3) is 0.188. The summed E-state index contributed by atoms with van der Waals surface area (Å²) in [4.78, 5) is 0.0511. The number of aryl methyl sites for hydroxylation is 1. The molecule has 0 spiro atoms. The van der Waals surface area contributed by atoms with Crippen molar-refractivity contribution in [2.75, 3.05) is 6.26 Å². The van der Waals surface area contributed by atoms with Crippen molar-refractivity contribution >= 4 is 22.7 Å². The number of fused-ring (bicyclic) bond motifs is 1. The molecule has 0 aliphatic rings. The van der Waals surface area contributed by atoms with Crippen LogP contribution in [0.3, 0.4) is 0 Å². The Hall–Kier alpha value is -1.88. The average Bonchev–Trinajstić information content (AvgIpc) is 2.89. The van der Waals surface area contributed by atoms with Crippen molar-refractivity contribution in [2.45, 2.75) is 18.4 Å². The zero-order valence-corrected chi connectivity index (χ0v) is 12.5. The molecule has 2 nitrogen and oxygen atoms in total. The quantitative estimate of drug-likeness (QED) is 0.651. The van der Waals surface area contributed by atoms with E-state index in [4.69, 9.17) is 0 Å². The number of benzene rings is 2. The summed E-state index contributed by atoms with van der Waals surface area (Å²) in [6, 6.07) is 8.46. The molecule has 0 aliphatic heterocycles. The Kier molecular flexibility index (Phi) is 3.68. The second kappa shape index (κ2) is 5.48. The van der Waals surface area contributed by atoms with E-state index in [-0.39, 0.29) is 4.90 Å². The smallest absolute Gasteiger partial charge is 0.140 e. The van der Waals surface area contributed by atoms with Gasteiger partial charge in [0.05, 0.1) is 16.6 Å². The molecule has 0 saturated heterocycles. The number of hydrogen-bond donors (Lipinski definition) is 0. The van der Waals surface area contributed by atoms with Crippen molar-refractivity contribution in [3.05, 3.63) is 48.2 Å². The van der Waals surface area contributed by atoms with Gasteiger partial charge in [0.25, 0.3) is 0 Å². The van der Waals surface area contributed by atoms with Gasteiger partial charge in [0.2, 0.25) is 0 Å². The van der Waals surface area contributed by atoms with Crippen LogP contribution < -0.4 is 0 Å². The molecular formula is C16H14F2N2S. The highest BCUT2D eigenvalue weighted by Gasteiger charge is 2.14. The molecule has 0 saturated carbocycles. The molecule has 2 aromatic carbocycles. The van der Waals surface area contributed by atoms with E-state index in [1.165, 1.54) is 12.1 Å². The van der Waals surface area contributed by atoms with Gasteiger partial charge < -0.3 is 0 Å². The molecule has 21 heavy (non-hydrogen) atoms. The standard InChI is InChI=1S/C16H14F2N2S/c1-3-20-15-6-4-5-11(12(15)9-19-20)10-7-13(17)16(21-2)14(18)8-10/h4-9H,3H2,1-2H3. The maximum absolute atomic E-state index is 14.0. The molecule has 5 heteroatoms. The zero-order valence-electron chi connectivity index (χ0n) is 11.7. The van der Waals surface area contributed by atoms with Crippen LogP contribution in [0.2, 0.25) is 0 Å². The van der Waals surface area contributed by atoms with Gasteiger partial charge in [-0.1, -0.05) is 12.1 Å². The summed E-state index contributed by atoms with van der Waals surface area (Å²) in [5.41, 5.74) is 2.28. The molecule has 1 aromatic heterocycles. The first-order valence-corrected chi connectivity index (χ1v) is 7.86. The molecule has 0 radical (unpaired) electrons. The Morgan fingerprint density at radius 2 is 1.90 bits per heavy atom. The van der Waals surface area contributed by atoms with Gasteiger partial charge in [-0.05, 0) is 42.5 Å². The van der Waals surface area contributed by atoms with E-state index >= 15 is 0 Å². The predicted octanol–water partition coefficient (Wildman–Crippen LogP) is 4.72. The predicted molar refractivity (Wildman–Crippen MR) is 82.5 cm³/mol. The van der Waals surface area contributed by atoms with Crippen molar-refractivity contribution in [2.24, 2.45) is 0 Å². The number of nitrogens with zero attached hydrogens (tertiary/aromatic N) is 2. The summed E-state index contributed by atoms with van der Waals surface area (Å²) in [5.74, 6) is -1.06. The second-order valence-corrected chi connectivity index (χ2v) is 5.49. The Morgan fingerprint density at radius 3 is 2.52 bits per heavy atom. The highest BCUT2D eigenvalue weighted by Crippen LogP contribution is 2.33. The Morgan fingerprint density at radius 1 is 1.19 bits per heavy atom. The molecule has 0 amide bonds. The van der Waals surface area contributed by atoms with E-state index in [2.05, 4.69) is 5.10 Å². The first kappa shape index (κ1) is 14.1. The van der Waals surface area contributed by atoms with Crippen LogP contribution in [0, 0.1) is 11.6 Å². The molecule has 0 unspecified atom stereocenters. The van der Waals surface area contributed by atoms with Crippen molar-refractivity contribution in [3.63, 3.8) is 0 Å². The lowest BCUT2D eigenvalue weighted by atomic mass is 10.0. The van der Waals surface area contributed by atoms with Gasteiger partial charge in [0, 0.05) is 11.9 Å². The second-order valence-electron chi connectivity index (χ2n) is 4.67. The van der Waals surface area contributed by atoms with E-state index in [1.807, 2.05) is 29.8 Å². The Balaban J connectivity index is 2.23. The molecule has 108 valence electrons. The Labute approximate surface area is 125 Å². The van der Waals surface area contributed by atoms with Gasteiger partial charge in [0.1, 0.15) is 11.6 Å². The third-order valence-corrected chi connectivity index (χ3v) is 4.30. The fourth-order valence-corrected chi connectivity index (χ4v) is 3.03. The van der Waals surface area contributed by atoms with Crippen LogP contribution in [0.4, 0.5) is 8.78 Å². The van der Waals surface area contributed by atoms with Crippen LogP contribution in [0.15, 0.2) is 41.4 Å². The van der Waals surface area contributed by atoms with Crippen LogP contribution in [0.5, 0.6) is 0 Å². The summed E-state index contributed by atoms with van der Waals surface area (Å²) in [6.07, 6.45) is 3.40. The van der Waals surface area contributed by atoms with Crippen LogP contribution in [0.1, 0.15) is 6.92 Å². The van der Waals surface area contributed by atoms with E-state index in [1.54, 1.807) is 12.5 Å². The lowest BCUT2D eigenvalue weighted by Gasteiger charge is -2.08. The molecule has 0 atom stereocenters. The van der Waals surface area contributed by atoms with Crippen LogP contribution in [-0.2, 0) is 6.54 Å². The van der Waals surface area contributed by atoms with Gasteiger partial charge in [-0.3, -0.25) is 4.68 Å². The van der Waals surface area contributed by atoms with Crippen molar-refractivity contribution in [1.82, 2.24) is 9.78 Å². The largest absolute Gasteiger partial charge is 0.265 e. The van der Waals surface area contributed by atoms with Crippen molar-refractivity contribution in [3.8, 4) is 11.1 Å². The minimum atomic E-state index is -0.530. The van der Waals surface area contributed by atoms with Crippen LogP contribution in [0.25, 0.3) is 22.0 Å². The summed E-state index contributed by atoms with van der Waals surface area (Å²) in [6.45, 7) is 2.76. The lowest BCUT2D eigenvalue weighted by molar-refractivity contribution is 0.542. The monoisotopic (exact) mass is 304 g/mol. The van der Waals surface area contributed by atoms with Crippen LogP contribution >= 0.6 is 11.8 Å². The van der Waals surface area contributed by atoms with Gasteiger partial charge in [-0.2, -0.15) is 5.10 Å². The highest BCUT2D eigenvalue weighted by atomic mass is 32.2. The number of aromatic nitrogens is 2. The maximum Gasteiger partial charge on any atom is 0.140 e. The topological polar surface area (TPSA) is 17.8 Å². The molecule has 0 bridgehead atoms. The van der Waals surface area contributed by atoms with Gasteiger partial charge >= 0.3 is 0 Å². The summed E-state index contributed by atoms with van der Waals surface area (Å²) in [7, 11) is 0. The molecule has 0 aliphatic carbocycles. The summed E-state index contributed by atoms with van der Waals surface area (Å²) < 4.78 is 29.8. The first-order valence-electron chi connectivity index (χ1n) is 6.63. The third-order valence-electron chi connectivity index (χ3n) is 3.50. The average molecular weight is 304 g/mol. The number of halogens is 2. The zero-order chi connectivity index (χ0) is 15.0. The summed E-state index contributed by atoms with van der Waals surface area (Å²) in [5, 5.41) is 5.20. The van der Waals surface area contributed by atoms with E-state index in [0.29, 0.717) is 5.56 Å². The molecule has 3 aromatic rings. The SMILES string of the molecule is CCn1ncc2c(-c3cc(F)c(SC)c(F)c3)cccc21. The minimum Gasteiger partial charge on any atom is -0.265 e. The van der Waals surface area contributed by atoms with Gasteiger partial charge in [0.15, 0.2) is 0 Å². The van der Waals surface area contributed by atoms with Crippen molar-refractivity contribution in [1.29, 1.82) is 0 Å². The highest BCUT2D eigenvalue weighted by molar-refractivity contribution is 7.98. The number of hydrogen-bond acceptors (Lipinski definition) is 2. The van der Waals surface area contributed by atoms with E-state index < -0.39 is 11.6 Å². The van der Waals surface area contributed by atoms with Gasteiger partial charge in [-0.25, -0.2) is 8.78 Å². The van der Waals surface area contributed by atoms with E-state index in [9.17, 15) is 8.78 Å². The number of rotatable bonds is 3.